The fourth-order valence-electron chi connectivity index (χ4n) is 0.987. The molecule has 0 atom stereocenters. The molecule has 0 aromatic carbocycles. The fourth-order valence-corrected chi connectivity index (χ4v) is 1.09. The number of halogens is 1. The summed E-state index contributed by atoms with van der Waals surface area (Å²) in [5.74, 6) is -0.281. The van der Waals surface area contributed by atoms with Crippen molar-refractivity contribution in [3.8, 4) is 0 Å². The third-order valence-corrected chi connectivity index (χ3v) is 1.91. The van der Waals surface area contributed by atoms with Crippen molar-refractivity contribution in [3.63, 3.8) is 0 Å². The van der Waals surface area contributed by atoms with Crippen LogP contribution < -0.4 is 5.32 Å². The molecule has 0 saturated carbocycles. The van der Waals surface area contributed by atoms with E-state index in [9.17, 15) is 4.79 Å². The topological polar surface area (TPSA) is 64.1 Å². The Morgan fingerprint density at radius 2 is 2.25 bits per heavy atom. The Morgan fingerprint density at radius 3 is 2.81 bits per heavy atom. The van der Waals surface area contributed by atoms with Crippen molar-refractivity contribution in [1.82, 2.24) is 15.5 Å². The lowest BCUT2D eigenvalue weighted by molar-refractivity contribution is 0.0744. The third-order valence-electron chi connectivity index (χ3n) is 1.70. The number of carbonyl (C=O) groups excluding carboxylic acids is 1. The van der Waals surface area contributed by atoms with E-state index in [2.05, 4.69) is 15.5 Å². The molecule has 0 saturated heterocycles. The summed E-state index contributed by atoms with van der Waals surface area (Å²) >= 11 is 5.55. The van der Waals surface area contributed by atoms with E-state index in [1.54, 1.807) is 0 Å². The van der Waals surface area contributed by atoms with Crippen molar-refractivity contribution in [3.05, 3.63) is 23.0 Å². The molecule has 6 heteroatoms. The first kappa shape index (κ1) is 12.9. The van der Waals surface area contributed by atoms with Crippen LogP contribution in [0.5, 0.6) is 0 Å². The Bertz CT molecular complexity index is 340. The third kappa shape index (κ3) is 4.55. The number of aromatic nitrogens is 2. The normalized spacial score (nSPS) is 10.5. The minimum atomic E-state index is -0.281. The van der Waals surface area contributed by atoms with Crippen molar-refractivity contribution < 1.29 is 9.53 Å². The number of rotatable bonds is 5. The number of hydrogen-bond acceptors (Lipinski definition) is 4. The molecule has 0 radical (unpaired) electrons. The second-order valence-corrected chi connectivity index (χ2v) is 3.80. The Labute approximate surface area is 99.2 Å². The predicted octanol–water partition coefficient (Wildman–Crippen LogP) is 1.28. The van der Waals surface area contributed by atoms with E-state index in [1.165, 1.54) is 12.1 Å². The van der Waals surface area contributed by atoms with Crippen molar-refractivity contribution in [2.45, 2.75) is 20.0 Å². The van der Waals surface area contributed by atoms with Crippen LogP contribution in [-0.2, 0) is 4.74 Å². The molecule has 0 aliphatic rings. The Balaban J connectivity index is 2.32. The van der Waals surface area contributed by atoms with E-state index < -0.39 is 0 Å². The van der Waals surface area contributed by atoms with Gasteiger partial charge in [0.1, 0.15) is 0 Å². The molecule has 0 fully saturated rings. The maximum absolute atomic E-state index is 11.5. The van der Waals surface area contributed by atoms with Gasteiger partial charge < -0.3 is 10.1 Å². The van der Waals surface area contributed by atoms with Gasteiger partial charge in [0.25, 0.3) is 5.91 Å². The average molecular weight is 244 g/mol. The van der Waals surface area contributed by atoms with Gasteiger partial charge in [0.15, 0.2) is 10.8 Å². The lowest BCUT2D eigenvalue weighted by Crippen LogP contribution is -2.28. The Kier molecular flexibility index (Phi) is 5.14. The molecule has 0 bridgehead atoms. The molecule has 0 aliphatic carbocycles. The summed E-state index contributed by atoms with van der Waals surface area (Å²) in [5.41, 5.74) is 0.244. The summed E-state index contributed by atoms with van der Waals surface area (Å²) in [6, 6.07) is 3.04. The van der Waals surface area contributed by atoms with Gasteiger partial charge >= 0.3 is 0 Å². The lowest BCUT2D eigenvalue weighted by atomic mass is 10.3. The van der Waals surface area contributed by atoms with Gasteiger partial charge in [-0.05, 0) is 26.0 Å². The molecule has 1 aromatic heterocycles. The van der Waals surface area contributed by atoms with Crippen LogP contribution in [-0.4, -0.2) is 35.4 Å². The van der Waals surface area contributed by atoms with E-state index in [0.29, 0.717) is 13.2 Å². The molecular weight excluding hydrogens is 230 g/mol. The number of amides is 1. The van der Waals surface area contributed by atoms with Gasteiger partial charge in [-0.25, -0.2) is 0 Å². The lowest BCUT2D eigenvalue weighted by Gasteiger charge is -2.07. The molecule has 0 aliphatic heterocycles. The Hall–Kier alpha value is -1.20. The second-order valence-electron chi connectivity index (χ2n) is 3.42. The molecule has 16 heavy (non-hydrogen) atoms. The van der Waals surface area contributed by atoms with Crippen LogP contribution in [0.15, 0.2) is 12.1 Å². The van der Waals surface area contributed by atoms with Crippen molar-refractivity contribution in [1.29, 1.82) is 0 Å². The van der Waals surface area contributed by atoms with Gasteiger partial charge in [-0.15, -0.1) is 10.2 Å². The summed E-state index contributed by atoms with van der Waals surface area (Å²) < 4.78 is 5.28. The van der Waals surface area contributed by atoms with Crippen LogP contribution in [0.25, 0.3) is 0 Å². The van der Waals surface area contributed by atoms with Crippen LogP contribution >= 0.6 is 11.6 Å². The van der Waals surface area contributed by atoms with Crippen molar-refractivity contribution in [2.75, 3.05) is 13.2 Å². The van der Waals surface area contributed by atoms with Gasteiger partial charge in [-0.2, -0.15) is 0 Å². The first-order valence-corrected chi connectivity index (χ1v) is 5.36. The molecule has 1 N–H and O–H groups in total. The van der Waals surface area contributed by atoms with Crippen molar-refractivity contribution in [2.24, 2.45) is 0 Å². The van der Waals surface area contributed by atoms with Crippen LogP contribution in [0.1, 0.15) is 24.3 Å². The standard InChI is InChI=1S/C10H14ClN3O2/c1-7(2)16-6-5-12-10(15)8-3-4-9(11)14-13-8/h3-4,7H,5-6H2,1-2H3,(H,12,15). The summed E-state index contributed by atoms with van der Waals surface area (Å²) in [4.78, 5) is 11.5. The Morgan fingerprint density at radius 1 is 1.50 bits per heavy atom. The highest BCUT2D eigenvalue weighted by molar-refractivity contribution is 6.29. The van der Waals surface area contributed by atoms with Gasteiger partial charge in [0, 0.05) is 6.54 Å². The highest BCUT2D eigenvalue weighted by atomic mass is 35.5. The zero-order valence-corrected chi connectivity index (χ0v) is 9.99. The molecule has 1 amide bonds. The van der Waals surface area contributed by atoms with Crippen LogP contribution in [0, 0.1) is 0 Å². The number of nitrogens with zero attached hydrogens (tertiary/aromatic N) is 2. The number of hydrogen-bond donors (Lipinski definition) is 1. The highest BCUT2D eigenvalue weighted by Crippen LogP contribution is 2.01. The van der Waals surface area contributed by atoms with E-state index in [4.69, 9.17) is 16.3 Å². The smallest absolute Gasteiger partial charge is 0.271 e. The molecule has 0 unspecified atom stereocenters. The summed E-state index contributed by atoms with van der Waals surface area (Å²) in [7, 11) is 0. The summed E-state index contributed by atoms with van der Waals surface area (Å²) in [6.45, 7) is 4.80. The number of nitrogens with one attached hydrogen (secondary N) is 1. The molecule has 1 heterocycles. The summed E-state index contributed by atoms with van der Waals surface area (Å²) in [5, 5.41) is 10.2. The minimum Gasteiger partial charge on any atom is -0.377 e. The van der Waals surface area contributed by atoms with Gasteiger partial charge in [-0.1, -0.05) is 11.6 Å². The summed E-state index contributed by atoms with van der Waals surface area (Å²) in [6.07, 6.45) is 0.159. The van der Waals surface area contributed by atoms with E-state index in [-0.39, 0.29) is 22.9 Å². The van der Waals surface area contributed by atoms with E-state index in [0.717, 1.165) is 0 Å². The largest absolute Gasteiger partial charge is 0.377 e. The molecular formula is C10H14ClN3O2. The zero-order valence-electron chi connectivity index (χ0n) is 9.24. The SMILES string of the molecule is CC(C)OCCNC(=O)c1ccc(Cl)nn1. The number of ether oxygens (including phenoxy) is 1. The van der Waals surface area contributed by atoms with E-state index >= 15 is 0 Å². The monoisotopic (exact) mass is 243 g/mol. The van der Waals surface area contributed by atoms with E-state index in [1.807, 2.05) is 13.8 Å². The second kappa shape index (κ2) is 6.40. The van der Waals surface area contributed by atoms with Gasteiger partial charge in [0.05, 0.1) is 12.7 Å². The molecule has 1 rings (SSSR count). The van der Waals surface area contributed by atoms with Gasteiger partial charge in [-0.3, -0.25) is 4.79 Å². The predicted molar refractivity (Wildman–Crippen MR) is 60.5 cm³/mol. The maximum Gasteiger partial charge on any atom is 0.271 e. The number of carbonyl (C=O) groups is 1. The zero-order chi connectivity index (χ0) is 12.0. The molecule has 5 nitrogen and oxygen atoms in total. The molecule has 88 valence electrons. The van der Waals surface area contributed by atoms with Crippen LogP contribution in [0.4, 0.5) is 0 Å². The molecule has 0 spiro atoms. The molecule has 1 aromatic rings. The first-order valence-electron chi connectivity index (χ1n) is 4.98. The van der Waals surface area contributed by atoms with Gasteiger partial charge in [0.2, 0.25) is 0 Å². The fraction of sp³-hybridized carbons (Fsp3) is 0.500. The first-order chi connectivity index (χ1) is 7.59. The quantitative estimate of drug-likeness (QED) is 0.792. The van der Waals surface area contributed by atoms with Crippen LogP contribution in [0.3, 0.4) is 0 Å². The van der Waals surface area contributed by atoms with Crippen molar-refractivity contribution >= 4 is 17.5 Å². The average Bonchev–Trinajstić information content (AvgIpc) is 2.25. The van der Waals surface area contributed by atoms with Crippen LogP contribution in [0.2, 0.25) is 5.15 Å². The maximum atomic E-state index is 11.5. The highest BCUT2D eigenvalue weighted by Gasteiger charge is 2.06. The minimum absolute atomic E-state index is 0.159.